The summed E-state index contributed by atoms with van der Waals surface area (Å²) in [5, 5.41) is 3.11. The summed E-state index contributed by atoms with van der Waals surface area (Å²) in [6.07, 6.45) is -5.12. The second kappa shape index (κ2) is 5.63. The van der Waals surface area contributed by atoms with Crippen molar-refractivity contribution < 1.29 is 31.5 Å². The van der Waals surface area contributed by atoms with Gasteiger partial charge in [-0.2, -0.15) is 13.2 Å². The van der Waals surface area contributed by atoms with E-state index in [1.165, 1.54) is 5.32 Å². The largest absolute Gasteiger partial charge is 0.471 e. The molecule has 0 aliphatic heterocycles. The van der Waals surface area contributed by atoms with Gasteiger partial charge in [0.2, 0.25) is 5.91 Å². The minimum atomic E-state index is -5.12. The van der Waals surface area contributed by atoms with Gasteiger partial charge in [0.1, 0.15) is 11.6 Å². The normalized spacial score (nSPS) is 11.0. The van der Waals surface area contributed by atoms with Gasteiger partial charge in [0, 0.05) is 6.07 Å². The molecule has 0 saturated carbocycles. The molecule has 0 unspecified atom stereocenters. The van der Waals surface area contributed by atoms with E-state index in [0.29, 0.717) is 6.07 Å². The number of nitrogens with one attached hydrogen (secondary N) is 2. The number of amides is 2. The van der Waals surface area contributed by atoms with Crippen molar-refractivity contribution in [3.05, 3.63) is 29.8 Å². The van der Waals surface area contributed by atoms with E-state index in [1.807, 2.05) is 5.32 Å². The Kier molecular flexibility index (Phi) is 4.41. The standard InChI is InChI=1S/C10H7F5N2O2/c11-5-1-2-6(12)7(3-5)17-8(18)4-16-9(19)10(13,14)15/h1-3H,4H2,(H,16,19)(H,17,18). The molecule has 19 heavy (non-hydrogen) atoms. The summed E-state index contributed by atoms with van der Waals surface area (Å²) in [5.41, 5.74) is -0.536. The summed E-state index contributed by atoms with van der Waals surface area (Å²) in [4.78, 5) is 21.5. The fraction of sp³-hybridized carbons (Fsp3) is 0.200. The molecule has 0 aliphatic carbocycles. The van der Waals surface area contributed by atoms with E-state index in [1.54, 1.807) is 0 Å². The topological polar surface area (TPSA) is 58.2 Å². The van der Waals surface area contributed by atoms with E-state index in [2.05, 4.69) is 0 Å². The van der Waals surface area contributed by atoms with Crippen LogP contribution in [0.2, 0.25) is 0 Å². The Bertz CT molecular complexity index is 501. The number of alkyl halides is 3. The van der Waals surface area contributed by atoms with Crippen LogP contribution >= 0.6 is 0 Å². The highest BCUT2D eigenvalue weighted by Gasteiger charge is 2.38. The minimum Gasteiger partial charge on any atom is -0.339 e. The third-order valence-corrected chi connectivity index (χ3v) is 1.87. The zero-order chi connectivity index (χ0) is 14.6. The van der Waals surface area contributed by atoms with Crippen molar-refractivity contribution in [3.8, 4) is 0 Å². The van der Waals surface area contributed by atoms with Crippen molar-refractivity contribution in [3.63, 3.8) is 0 Å². The lowest BCUT2D eigenvalue weighted by molar-refractivity contribution is -0.173. The molecule has 0 saturated heterocycles. The molecule has 0 fully saturated rings. The SMILES string of the molecule is O=C(CNC(=O)C(F)(F)F)Nc1cc(F)ccc1F. The third kappa shape index (κ3) is 4.53. The van der Waals surface area contributed by atoms with Gasteiger partial charge in [-0.05, 0) is 12.1 Å². The molecule has 0 radical (unpaired) electrons. The first kappa shape index (κ1) is 14.9. The van der Waals surface area contributed by atoms with Gasteiger partial charge >= 0.3 is 12.1 Å². The molecule has 1 aromatic rings. The lowest BCUT2D eigenvalue weighted by Crippen LogP contribution is -2.41. The molecule has 4 nitrogen and oxygen atoms in total. The fourth-order valence-corrected chi connectivity index (χ4v) is 1.05. The van der Waals surface area contributed by atoms with Crippen LogP contribution < -0.4 is 10.6 Å². The van der Waals surface area contributed by atoms with E-state index in [0.717, 1.165) is 12.1 Å². The van der Waals surface area contributed by atoms with Crippen molar-refractivity contribution >= 4 is 17.5 Å². The minimum absolute atomic E-state index is 0.536. The molecule has 9 heteroatoms. The molecule has 2 N–H and O–H groups in total. The molecule has 2 amide bonds. The summed E-state index contributed by atoms with van der Waals surface area (Å²) in [7, 11) is 0. The molecule has 0 aromatic heterocycles. The van der Waals surface area contributed by atoms with Gasteiger partial charge in [0.15, 0.2) is 0 Å². The maximum Gasteiger partial charge on any atom is 0.471 e. The molecule has 0 heterocycles. The predicted octanol–water partition coefficient (Wildman–Crippen LogP) is 1.58. The predicted molar refractivity (Wildman–Crippen MR) is 54.1 cm³/mol. The van der Waals surface area contributed by atoms with E-state index in [9.17, 15) is 31.5 Å². The molecule has 1 aromatic carbocycles. The summed E-state index contributed by atoms with van der Waals surface area (Å²) >= 11 is 0. The van der Waals surface area contributed by atoms with E-state index >= 15 is 0 Å². The second-order valence-corrected chi connectivity index (χ2v) is 3.35. The van der Waals surface area contributed by atoms with Crippen LogP contribution in [0.5, 0.6) is 0 Å². The van der Waals surface area contributed by atoms with Crippen molar-refractivity contribution in [2.45, 2.75) is 6.18 Å². The Balaban J connectivity index is 2.57. The first-order valence-corrected chi connectivity index (χ1v) is 4.80. The summed E-state index contributed by atoms with van der Waals surface area (Å²) in [6, 6.07) is 2.19. The average Bonchev–Trinajstić information content (AvgIpc) is 2.29. The Hall–Kier alpha value is -2.19. The van der Waals surface area contributed by atoms with Gasteiger partial charge in [0.25, 0.3) is 0 Å². The highest BCUT2D eigenvalue weighted by molar-refractivity contribution is 5.95. The molecule has 104 valence electrons. The maximum absolute atomic E-state index is 13.1. The van der Waals surface area contributed by atoms with E-state index < -0.39 is 41.9 Å². The number of rotatable bonds is 3. The average molecular weight is 282 g/mol. The Morgan fingerprint density at radius 1 is 1.16 bits per heavy atom. The third-order valence-electron chi connectivity index (χ3n) is 1.87. The van der Waals surface area contributed by atoms with Crippen LogP contribution in [0, 0.1) is 11.6 Å². The Morgan fingerprint density at radius 3 is 2.37 bits per heavy atom. The van der Waals surface area contributed by atoms with Crippen LogP contribution in [0.15, 0.2) is 18.2 Å². The van der Waals surface area contributed by atoms with Crippen LogP contribution in [0.25, 0.3) is 0 Å². The quantitative estimate of drug-likeness (QED) is 0.827. The number of benzene rings is 1. The number of carbonyl (C=O) groups excluding carboxylic acids is 2. The van der Waals surface area contributed by atoms with Crippen LogP contribution in [-0.2, 0) is 9.59 Å². The van der Waals surface area contributed by atoms with Crippen LogP contribution in [-0.4, -0.2) is 24.5 Å². The summed E-state index contributed by atoms with van der Waals surface area (Å²) < 4.78 is 61.2. The van der Waals surface area contributed by atoms with Crippen molar-refractivity contribution in [1.29, 1.82) is 0 Å². The van der Waals surface area contributed by atoms with Crippen molar-refractivity contribution in [2.24, 2.45) is 0 Å². The van der Waals surface area contributed by atoms with Gasteiger partial charge in [-0.1, -0.05) is 0 Å². The Morgan fingerprint density at radius 2 is 1.79 bits per heavy atom. The van der Waals surface area contributed by atoms with Gasteiger partial charge in [0.05, 0.1) is 12.2 Å². The molecule has 0 bridgehead atoms. The summed E-state index contributed by atoms with van der Waals surface area (Å²) in [6.45, 7) is -1.02. The van der Waals surface area contributed by atoms with E-state index in [4.69, 9.17) is 0 Å². The highest BCUT2D eigenvalue weighted by Crippen LogP contribution is 2.15. The number of carbonyl (C=O) groups is 2. The van der Waals surface area contributed by atoms with Gasteiger partial charge in [-0.15, -0.1) is 0 Å². The van der Waals surface area contributed by atoms with Crippen molar-refractivity contribution in [2.75, 3.05) is 11.9 Å². The number of anilines is 1. The van der Waals surface area contributed by atoms with Gasteiger partial charge in [-0.25, -0.2) is 8.78 Å². The van der Waals surface area contributed by atoms with Gasteiger partial charge < -0.3 is 10.6 Å². The Labute approximate surface area is 103 Å². The first-order chi connectivity index (χ1) is 8.70. The zero-order valence-electron chi connectivity index (χ0n) is 9.15. The lowest BCUT2D eigenvalue weighted by Gasteiger charge is -2.09. The maximum atomic E-state index is 13.1. The molecule has 0 aliphatic rings. The number of hydrogen-bond donors (Lipinski definition) is 2. The number of hydrogen-bond acceptors (Lipinski definition) is 2. The van der Waals surface area contributed by atoms with Crippen LogP contribution in [0.1, 0.15) is 0 Å². The zero-order valence-corrected chi connectivity index (χ0v) is 9.15. The van der Waals surface area contributed by atoms with E-state index in [-0.39, 0.29) is 0 Å². The molecule has 1 rings (SSSR count). The molecule has 0 spiro atoms. The summed E-state index contributed by atoms with van der Waals surface area (Å²) in [5.74, 6) is -5.22. The highest BCUT2D eigenvalue weighted by atomic mass is 19.4. The monoisotopic (exact) mass is 282 g/mol. The van der Waals surface area contributed by atoms with Gasteiger partial charge in [-0.3, -0.25) is 9.59 Å². The van der Waals surface area contributed by atoms with Crippen molar-refractivity contribution in [1.82, 2.24) is 5.32 Å². The number of halogens is 5. The smallest absolute Gasteiger partial charge is 0.339 e. The fourth-order valence-electron chi connectivity index (χ4n) is 1.05. The second-order valence-electron chi connectivity index (χ2n) is 3.35. The van der Waals surface area contributed by atoms with Crippen LogP contribution in [0.3, 0.4) is 0 Å². The molecule has 0 atom stereocenters. The van der Waals surface area contributed by atoms with Crippen LogP contribution in [0.4, 0.5) is 27.6 Å². The lowest BCUT2D eigenvalue weighted by atomic mass is 10.3. The molecular formula is C10H7F5N2O2. The molecular weight excluding hydrogens is 275 g/mol. The first-order valence-electron chi connectivity index (χ1n) is 4.80.